The molecule has 0 aliphatic rings. The summed E-state index contributed by atoms with van der Waals surface area (Å²) in [7, 11) is 0. The van der Waals surface area contributed by atoms with Crippen LogP contribution in [-0.4, -0.2) is 33.1 Å². The van der Waals surface area contributed by atoms with Gasteiger partial charge in [0, 0.05) is 6.20 Å². The summed E-state index contributed by atoms with van der Waals surface area (Å²) in [6, 6.07) is 9.71. The van der Waals surface area contributed by atoms with Gasteiger partial charge in [-0.2, -0.15) is 0 Å². The average Bonchev–Trinajstić information content (AvgIpc) is 2.98. The van der Waals surface area contributed by atoms with Crippen molar-refractivity contribution in [1.82, 2.24) is 15.3 Å². The standard InChI is InChI=1S/C15H19N3O2/c1-11(19)13(8-7-12-5-3-2-4-6-12)18-15(20)14-9-16-10-17-14/h2-6,9-11,13,19H,7-8H2,1H3,(H,16,17)(H,18,20)/t11-,13+/m0/s1. The Bertz CT molecular complexity index is 523. The van der Waals surface area contributed by atoms with E-state index in [1.54, 1.807) is 6.92 Å². The molecule has 0 unspecified atom stereocenters. The van der Waals surface area contributed by atoms with Crippen LogP contribution in [0.4, 0.5) is 0 Å². The van der Waals surface area contributed by atoms with Crippen molar-refractivity contribution in [2.24, 2.45) is 0 Å². The normalized spacial score (nSPS) is 13.7. The molecule has 0 aliphatic carbocycles. The number of aliphatic hydroxyl groups is 1. The number of carbonyl (C=O) groups excluding carboxylic acids is 1. The zero-order chi connectivity index (χ0) is 14.4. The Morgan fingerprint density at radius 1 is 1.40 bits per heavy atom. The van der Waals surface area contributed by atoms with Crippen molar-refractivity contribution < 1.29 is 9.90 Å². The summed E-state index contributed by atoms with van der Waals surface area (Å²) in [5.41, 5.74) is 1.52. The second kappa shape index (κ2) is 6.86. The molecule has 20 heavy (non-hydrogen) atoms. The first-order chi connectivity index (χ1) is 9.66. The van der Waals surface area contributed by atoms with Gasteiger partial charge in [0.05, 0.1) is 18.5 Å². The van der Waals surface area contributed by atoms with E-state index in [-0.39, 0.29) is 11.9 Å². The number of aromatic amines is 1. The summed E-state index contributed by atoms with van der Waals surface area (Å²) in [4.78, 5) is 18.6. The van der Waals surface area contributed by atoms with Crippen molar-refractivity contribution in [3.05, 3.63) is 54.1 Å². The number of rotatable bonds is 6. The molecule has 1 aromatic heterocycles. The lowest BCUT2D eigenvalue weighted by Gasteiger charge is -2.21. The zero-order valence-corrected chi connectivity index (χ0v) is 11.4. The van der Waals surface area contributed by atoms with Gasteiger partial charge < -0.3 is 15.4 Å². The minimum absolute atomic E-state index is 0.273. The first-order valence-electron chi connectivity index (χ1n) is 6.68. The number of nitrogens with zero attached hydrogens (tertiary/aromatic N) is 1. The van der Waals surface area contributed by atoms with Crippen molar-refractivity contribution in [1.29, 1.82) is 0 Å². The van der Waals surface area contributed by atoms with Crippen LogP contribution in [-0.2, 0) is 6.42 Å². The molecule has 1 heterocycles. The van der Waals surface area contributed by atoms with Crippen molar-refractivity contribution in [2.75, 3.05) is 0 Å². The van der Waals surface area contributed by atoms with Crippen LogP contribution >= 0.6 is 0 Å². The quantitative estimate of drug-likeness (QED) is 0.746. The molecule has 0 bridgehead atoms. The lowest BCUT2D eigenvalue weighted by molar-refractivity contribution is 0.0846. The van der Waals surface area contributed by atoms with Crippen LogP contribution in [0.5, 0.6) is 0 Å². The molecule has 5 heteroatoms. The molecule has 0 fully saturated rings. The Morgan fingerprint density at radius 3 is 2.75 bits per heavy atom. The van der Waals surface area contributed by atoms with Gasteiger partial charge in [-0.05, 0) is 25.3 Å². The maximum Gasteiger partial charge on any atom is 0.271 e. The van der Waals surface area contributed by atoms with Crippen LogP contribution in [0, 0.1) is 0 Å². The van der Waals surface area contributed by atoms with Gasteiger partial charge in [-0.15, -0.1) is 0 Å². The molecule has 106 valence electrons. The molecule has 5 nitrogen and oxygen atoms in total. The molecular formula is C15H19N3O2. The number of carbonyl (C=O) groups is 1. The van der Waals surface area contributed by atoms with Crippen LogP contribution < -0.4 is 5.32 Å². The van der Waals surface area contributed by atoms with E-state index >= 15 is 0 Å². The third-order valence-corrected chi connectivity index (χ3v) is 3.22. The molecule has 0 aliphatic heterocycles. The van der Waals surface area contributed by atoms with Gasteiger partial charge in [0.25, 0.3) is 5.91 Å². The monoisotopic (exact) mass is 273 g/mol. The fourth-order valence-electron chi connectivity index (χ4n) is 2.03. The zero-order valence-electron chi connectivity index (χ0n) is 11.4. The minimum atomic E-state index is -0.610. The largest absolute Gasteiger partial charge is 0.391 e. The highest BCUT2D eigenvalue weighted by molar-refractivity contribution is 5.92. The molecule has 0 radical (unpaired) electrons. The van der Waals surface area contributed by atoms with E-state index in [4.69, 9.17) is 0 Å². The van der Waals surface area contributed by atoms with Crippen molar-refractivity contribution >= 4 is 5.91 Å². The molecule has 2 atom stereocenters. The number of benzene rings is 1. The molecule has 1 aromatic carbocycles. The SMILES string of the molecule is C[C@H](O)[C@@H](CCc1ccccc1)NC(=O)c1c[nH]cn1. The van der Waals surface area contributed by atoms with Crippen LogP contribution in [0.1, 0.15) is 29.4 Å². The van der Waals surface area contributed by atoms with Gasteiger partial charge in [0.15, 0.2) is 0 Å². The van der Waals surface area contributed by atoms with E-state index in [2.05, 4.69) is 15.3 Å². The Balaban J connectivity index is 1.92. The Hall–Kier alpha value is -2.14. The second-order valence-corrected chi connectivity index (χ2v) is 4.80. The molecule has 2 rings (SSSR count). The third kappa shape index (κ3) is 3.93. The van der Waals surface area contributed by atoms with Gasteiger partial charge in [0.2, 0.25) is 0 Å². The van der Waals surface area contributed by atoms with E-state index in [0.29, 0.717) is 12.1 Å². The molecular weight excluding hydrogens is 254 g/mol. The van der Waals surface area contributed by atoms with E-state index in [1.807, 2.05) is 30.3 Å². The fraction of sp³-hybridized carbons (Fsp3) is 0.333. The average molecular weight is 273 g/mol. The number of hydrogen-bond acceptors (Lipinski definition) is 3. The number of aliphatic hydroxyl groups excluding tert-OH is 1. The number of nitrogens with one attached hydrogen (secondary N) is 2. The van der Waals surface area contributed by atoms with E-state index in [1.165, 1.54) is 18.1 Å². The van der Waals surface area contributed by atoms with Crippen molar-refractivity contribution in [3.8, 4) is 0 Å². The Labute approximate surface area is 118 Å². The van der Waals surface area contributed by atoms with Gasteiger partial charge in [-0.3, -0.25) is 4.79 Å². The lowest BCUT2D eigenvalue weighted by atomic mass is 10.0. The first kappa shape index (κ1) is 14.3. The summed E-state index contributed by atoms with van der Waals surface area (Å²) in [5.74, 6) is -0.273. The van der Waals surface area contributed by atoms with Crippen LogP contribution in [0.2, 0.25) is 0 Å². The van der Waals surface area contributed by atoms with Gasteiger partial charge in [-0.25, -0.2) is 4.98 Å². The molecule has 3 N–H and O–H groups in total. The van der Waals surface area contributed by atoms with Crippen LogP contribution in [0.25, 0.3) is 0 Å². The highest BCUT2D eigenvalue weighted by atomic mass is 16.3. The minimum Gasteiger partial charge on any atom is -0.391 e. The molecule has 1 amide bonds. The Kier molecular flexibility index (Phi) is 4.90. The topological polar surface area (TPSA) is 78.0 Å². The van der Waals surface area contributed by atoms with E-state index < -0.39 is 6.10 Å². The van der Waals surface area contributed by atoms with Crippen molar-refractivity contribution in [3.63, 3.8) is 0 Å². The number of aryl methyl sites for hydroxylation is 1. The first-order valence-corrected chi connectivity index (χ1v) is 6.68. The highest BCUT2D eigenvalue weighted by Crippen LogP contribution is 2.08. The lowest BCUT2D eigenvalue weighted by Crippen LogP contribution is -2.42. The maximum atomic E-state index is 11.9. The Morgan fingerprint density at radius 2 is 2.15 bits per heavy atom. The van der Waals surface area contributed by atoms with Crippen LogP contribution in [0.15, 0.2) is 42.9 Å². The summed E-state index contributed by atoms with van der Waals surface area (Å²) >= 11 is 0. The van der Waals surface area contributed by atoms with Gasteiger partial charge >= 0.3 is 0 Å². The van der Waals surface area contributed by atoms with Gasteiger partial charge in [-0.1, -0.05) is 30.3 Å². The predicted molar refractivity (Wildman–Crippen MR) is 76.3 cm³/mol. The summed E-state index contributed by atoms with van der Waals surface area (Å²) in [6.07, 6.45) is 3.86. The molecule has 0 saturated heterocycles. The fourth-order valence-corrected chi connectivity index (χ4v) is 2.03. The summed E-state index contributed by atoms with van der Waals surface area (Å²) in [5, 5.41) is 12.6. The number of aromatic nitrogens is 2. The maximum absolute atomic E-state index is 11.9. The second-order valence-electron chi connectivity index (χ2n) is 4.80. The third-order valence-electron chi connectivity index (χ3n) is 3.22. The van der Waals surface area contributed by atoms with Crippen molar-refractivity contribution in [2.45, 2.75) is 31.9 Å². The predicted octanol–water partition coefficient (Wildman–Crippen LogP) is 1.52. The molecule has 2 aromatic rings. The number of H-pyrrole nitrogens is 1. The van der Waals surface area contributed by atoms with Gasteiger partial charge in [0.1, 0.15) is 5.69 Å². The van der Waals surface area contributed by atoms with Crippen LogP contribution in [0.3, 0.4) is 0 Å². The summed E-state index contributed by atoms with van der Waals surface area (Å²) < 4.78 is 0. The smallest absolute Gasteiger partial charge is 0.271 e. The number of imidazole rings is 1. The molecule has 0 saturated carbocycles. The van der Waals surface area contributed by atoms with E-state index in [9.17, 15) is 9.90 Å². The number of hydrogen-bond donors (Lipinski definition) is 3. The molecule has 0 spiro atoms. The summed E-state index contributed by atoms with van der Waals surface area (Å²) in [6.45, 7) is 1.68. The van der Waals surface area contributed by atoms with E-state index in [0.717, 1.165) is 6.42 Å². The number of amides is 1. The highest BCUT2D eigenvalue weighted by Gasteiger charge is 2.19.